The van der Waals surface area contributed by atoms with Gasteiger partial charge in [0.05, 0.1) is 0 Å². The maximum atomic E-state index is 4.61. The fraction of sp³-hybridized carbons (Fsp3) is 0.450. The molecule has 0 saturated heterocycles. The molecule has 2 nitrogen and oxygen atoms in total. The second kappa shape index (κ2) is 8.57. The van der Waals surface area contributed by atoms with Crippen LogP contribution in [0.4, 0.5) is 5.82 Å². The van der Waals surface area contributed by atoms with Gasteiger partial charge in [0, 0.05) is 19.3 Å². The van der Waals surface area contributed by atoms with Gasteiger partial charge in [0.2, 0.25) is 0 Å². The van der Waals surface area contributed by atoms with E-state index in [1.54, 1.807) is 0 Å². The molecule has 1 aromatic carbocycles. The number of rotatable bonds is 4. The number of pyridine rings is 1. The summed E-state index contributed by atoms with van der Waals surface area (Å²) in [4.78, 5) is 7.02. The molecule has 0 unspecified atom stereocenters. The minimum absolute atomic E-state index is 1.06. The van der Waals surface area contributed by atoms with E-state index in [1.807, 2.05) is 20.0 Å². The van der Waals surface area contributed by atoms with Crippen LogP contribution in [0.5, 0.6) is 0 Å². The summed E-state index contributed by atoms with van der Waals surface area (Å²) in [5.41, 5.74) is 4.38. The lowest BCUT2D eigenvalue weighted by molar-refractivity contribution is 0.686. The fourth-order valence-corrected chi connectivity index (χ4v) is 3.08. The van der Waals surface area contributed by atoms with E-state index in [0.29, 0.717) is 0 Å². The van der Waals surface area contributed by atoms with Crippen molar-refractivity contribution in [1.29, 1.82) is 0 Å². The molecule has 118 valence electrons. The quantitative estimate of drug-likeness (QED) is 0.815. The van der Waals surface area contributed by atoms with Crippen LogP contribution >= 0.6 is 0 Å². The normalized spacial score (nSPS) is 13.1. The summed E-state index contributed by atoms with van der Waals surface area (Å²) in [6.07, 6.45) is 6.65. The maximum Gasteiger partial charge on any atom is 0.131 e. The van der Waals surface area contributed by atoms with Crippen molar-refractivity contribution in [3.8, 4) is 0 Å². The Kier molecular flexibility index (Phi) is 6.45. The van der Waals surface area contributed by atoms with Crippen molar-refractivity contribution in [3.63, 3.8) is 0 Å². The van der Waals surface area contributed by atoms with Gasteiger partial charge in [-0.15, -0.1) is 0 Å². The molecule has 0 atom stereocenters. The molecule has 0 bridgehead atoms. The Balaban J connectivity index is 0.000000847. The van der Waals surface area contributed by atoms with Crippen LogP contribution in [0.25, 0.3) is 0 Å². The summed E-state index contributed by atoms with van der Waals surface area (Å²) in [6, 6.07) is 13.0. The van der Waals surface area contributed by atoms with E-state index in [9.17, 15) is 0 Å². The Morgan fingerprint density at radius 2 is 1.82 bits per heavy atom. The van der Waals surface area contributed by atoms with Crippen molar-refractivity contribution in [3.05, 3.63) is 59.3 Å². The molecular weight excluding hydrogens is 268 g/mol. The lowest BCUT2D eigenvalue weighted by Gasteiger charge is -2.30. The van der Waals surface area contributed by atoms with Crippen molar-refractivity contribution >= 4 is 5.82 Å². The average molecular weight is 296 g/mol. The van der Waals surface area contributed by atoms with Crippen molar-refractivity contribution in [2.75, 3.05) is 18.0 Å². The third kappa shape index (κ3) is 3.88. The monoisotopic (exact) mass is 296 g/mol. The number of nitrogens with zero attached hydrogens (tertiary/aromatic N) is 2. The molecule has 0 spiro atoms. The predicted octanol–water partition coefficient (Wildman–Crippen LogP) is 4.67. The smallest absolute Gasteiger partial charge is 0.131 e. The Morgan fingerprint density at radius 3 is 2.55 bits per heavy atom. The molecule has 1 aliphatic rings. The van der Waals surface area contributed by atoms with E-state index >= 15 is 0 Å². The second-order valence-electron chi connectivity index (χ2n) is 5.44. The maximum absolute atomic E-state index is 4.61. The molecule has 2 heteroatoms. The highest BCUT2D eigenvalue weighted by atomic mass is 15.2. The highest BCUT2D eigenvalue weighted by molar-refractivity contribution is 5.52. The zero-order valence-corrected chi connectivity index (χ0v) is 14.2. The van der Waals surface area contributed by atoms with E-state index in [4.69, 9.17) is 0 Å². The Bertz CT molecular complexity index is 563. The van der Waals surface area contributed by atoms with Gasteiger partial charge in [-0.2, -0.15) is 0 Å². The second-order valence-corrected chi connectivity index (χ2v) is 5.44. The van der Waals surface area contributed by atoms with Gasteiger partial charge in [-0.3, -0.25) is 0 Å². The first-order chi connectivity index (χ1) is 10.9. The number of benzene rings is 1. The van der Waals surface area contributed by atoms with Crippen LogP contribution in [0.15, 0.2) is 42.6 Å². The average Bonchev–Trinajstić information content (AvgIpc) is 2.62. The van der Waals surface area contributed by atoms with Crippen LogP contribution < -0.4 is 4.90 Å². The lowest BCUT2D eigenvalue weighted by atomic mass is 9.95. The van der Waals surface area contributed by atoms with E-state index < -0.39 is 0 Å². The first-order valence-electron chi connectivity index (χ1n) is 8.64. The molecule has 0 aliphatic carbocycles. The van der Waals surface area contributed by atoms with Gasteiger partial charge in [-0.25, -0.2) is 4.98 Å². The van der Waals surface area contributed by atoms with Crippen molar-refractivity contribution in [2.24, 2.45) is 0 Å². The number of fused-ring (bicyclic) bond motifs is 1. The molecule has 0 amide bonds. The van der Waals surface area contributed by atoms with E-state index in [0.717, 1.165) is 25.9 Å². The number of hydrogen-bond acceptors (Lipinski definition) is 2. The van der Waals surface area contributed by atoms with Crippen molar-refractivity contribution in [2.45, 2.75) is 46.5 Å². The van der Waals surface area contributed by atoms with Crippen LogP contribution in [0.2, 0.25) is 0 Å². The Morgan fingerprint density at radius 1 is 1.05 bits per heavy atom. The van der Waals surface area contributed by atoms with Gasteiger partial charge in [0.1, 0.15) is 5.82 Å². The number of aromatic nitrogens is 1. The highest BCUT2D eigenvalue weighted by Gasteiger charge is 2.19. The molecule has 0 saturated carbocycles. The van der Waals surface area contributed by atoms with Crippen LogP contribution in [0.1, 0.15) is 43.9 Å². The number of hydrogen-bond donors (Lipinski definition) is 0. The molecule has 22 heavy (non-hydrogen) atoms. The van der Waals surface area contributed by atoms with Gasteiger partial charge in [-0.1, -0.05) is 44.2 Å². The topological polar surface area (TPSA) is 16.1 Å². The Hall–Kier alpha value is -1.83. The van der Waals surface area contributed by atoms with Crippen LogP contribution in [0.3, 0.4) is 0 Å². The summed E-state index contributed by atoms with van der Waals surface area (Å²) in [5.74, 6) is 1.23. The third-order valence-corrected chi connectivity index (χ3v) is 4.19. The summed E-state index contributed by atoms with van der Waals surface area (Å²) in [5, 5.41) is 0. The molecule has 0 radical (unpaired) electrons. The zero-order valence-electron chi connectivity index (χ0n) is 14.2. The van der Waals surface area contributed by atoms with E-state index in [2.05, 4.69) is 53.2 Å². The van der Waals surface area contributed by atoms with Gasteiger partial charge >= 0.3 is 0 Å². The van der Waals surface area contributed by atoms with E-state index in [-0.39, 0.29) is 0 Å². The molecular formula is C20H28N2. The predicted molar refractivity (Wildman–Crippen MR) is 95.6 cm³/mol. The highest BCUT2D eigenvalue weighted by Crippen LogP contribution is 2.28. The van der Waals surface area contributed by atoms with Crippen LogP contribution in [0, 0.1) is 0 Å². The van der Waals surface area contributed by atoms with Gasteiger partial charge in [-0.05, 0) is 55.4 Å². The zero-order chi connectivity index (χ0) is 15.8. The Labute approximate surface area is 135 Å². The van der Waals surface area contributed by atoms with Crippen molar-refractivity contribution in [1.82, 2.24) is 4.98 Å². The summed E-state index contributed by atoms with van der Waals surface area (Å²) < 4.78 is 0. The molecule has 3 rings (SSSR count). The fourth-order valence-electron chi connectivity index (χ4n) is 3.08. The molecule has 0 fully saturated rings. The molecule has 1 aliphatic heterocycles. The minimum atomic E-state index is 1.06. The van der Waals surface area contributed by atoms with Gasteiger partial charge < -0.3 is 4.90 Å². The van der Waals surface area contributed by atoms with Crippen LogP contribution in [-0.2, 0) is 19.3 Å². The molecule has 2 aromatic rings. The first-order valence-corrected chi connectivity index (χ1v) is 8.64. The number of aryl methyl sites for hydroxylation is 2. The van der Waals surface area contributed by atoms with Crippen molar-refractivity contribution < 1.29 is 0 Å². The minimum Gasteiger partial charge on any atom is -0.357 e. The van der Waals surface area contributed by atoms with E-state index in [1.165, 1.54) is 35.3 Å². The lowest BCUT2D eigenvalue weighted by Crippen LogP contribution is -2.30. The molecule has 1 aromatic heterocycles. The molecule has 2 heterocycles. The summed E-state index contributed by atoms with van der Waals surface area (Å²) >= 11 is 0. The standard InChI is InChI=1S/C18H22N2.C2H6/c1-2-20-14-6-9-17-16(12-13-19-18(17)20)11-10-15-7-4-3-5-8-15;1-2/h3-5,7-8,12-13H,2,6,9-11,14H2,1H3;1-2H3. The largest absolute Gasteiger partial charge is 0.357 e. The van der Waals surface area contributed by atoms with Gasteiger partial charge in [0.15, 0.2) is 0 Å². The number of anilines is 1. The van der Waals surface area contributed by atoms with Gasteiger partial charge in [0.25, 0.3) is 0 Å². The summed E-state index contributed by atoms with van der Waals surface area (Å²) in [6.45, 7) is 8.42. The molecule has 0 N–H and O–H groups in total. The van der Waals surface area contributed by atoms with Crippen LogP contribution in [-0.4, -0.2) is 18.1 Å². The SMILES string of the molecule is CC.CCN1CCCc2c(CCc3ccccc3)ccnc21. The third-order valence-electron chi connectivity index (χ3n) is 4.19. The summed E-state index contributed by atoms with van der Waals surface area (Å²) in [7, 11) is 0. The first kappa shape index (κ1) is 16.5.